The van der Waals surface area contributed by atoms with Gasteiger partial charge in [-0.3, -0.25) is 33.8 Å². The van der Waals surface area contributed by atoms with E-state index in [0.717, 1.165) is 11.1 Å². The Bertz CT molecular complexity index is 1790. The first-order valence-electron chi connectivity index (χ1n) is 19.4. The van der Waals surface area contributed by atoms with Gasteiger partial charge in [-0.15, -0.1) is 0 Å². The van der Waals surface area contributed by atoms with Crippen molar-refractivity contribution in [3.05, 3.63) is 59.7 Å². The second kappa shape index (κ2) is 19.7. The Morgan fingerprint density at radius 2 is 1.56 bits per heavy atom. The minimum atomic E-state index is -4.44. The molecule has 1 fully saturated rings. The van der Waals surface area contributed by atoms with Crippen LogP contribution in [-0.4, -0.2) is 99.4 Å². The molecule has 0 spiro atoms. The van der Waals surface area contributed by atoms with Gasteiger partial charge in [0.25, 0.3) is 11.8 Å². The zero-order valence-corrected chi connectivity index (χ0v) is 33.2. The van der Waals surface area contributed by atoms with Crippen LogP contribution in [0, 0.1) is 23.7 Å². The number of Topliss-reactive ketones (excluding diaryl/α,β-unsaturated/α-hetero) is 2. The molecule has 1 aliphatic heterocycles. The number of ether oxygens (including phenoxy) is 1. The van der Waals surface area contributed by atoms with Crippen LogP contribution < -0.4 is 21.3 Å². The lowest BCUT2D eigenvalue weighted by molar-refractivity contribution is -0.160. The van der Waals surface area contributed by atoms with Crippen molar-refractivity contribution in [1.29, 1.82) is 0 Å². The number of carbonyl (C=O) groups excluding carboxylic acids is 7. The Morgan fingerprint density at radius 3 is 2.18 bits per heavy atom. The third-order valence-corrected chi connectivity index (χ3v) is 10.3. The fraction of sp³-hybridized carbons (Fsp3) is 0.575. The van der Waals surface area contributed by atoms with Crippen LogP contribution in [0.5, 0.6) is 0 Å². The highest BCUT2D eigenvalue weighted by Crippen LogP contribution is 2.37. The Kier molecular flexibility index (Phi) is 15.3. The maximum Gasteiger partial charge on any atom is 0.410 e. The number of ketones is 2. The number of hydrogen-bond donors (Lipinski definition) is 4. The number of aromatic nitrogens is 2. The zero-order valence-electron chi connectivity index (χ0n) is 33.2. The molecule has 2 heterocycles. The van der Waals surface area contributed by atoms with E-state index in [1.807, 2.05) is 29.6 Å². The quantitative estimate of drug-likeness (QED) is 0.172. The number of nitrogens with one attached hydrogen (secondary N) is 4. The summed E-state index contributed by atoms with van der Waals surface area (Å²) in [7, 11) is 0. The monoisotopic (exact) mass is 797 g/mol. The van der Waals surface area contributed by atoms with Crippen LogP contribution in [0.15, 0.2) is 42.9 Å². The van der Waals surface area contributed by atoms with Gasteiger partial charge in [0, 0.05) is 37.9 Å². The van der Waals surface area contributed by atoms with Gasteiger partial charge in [0.05, 0.1) is 24.2 Å². The summed E-state index contributed by atoms with van der Waals surface area (Å²) < 4.78 is 35.9. The molecular weight excluding hydrogens is 744 g/mol. The van der Waals surface area contributed by atoms with Crippen LogP contribution in [0.25, 0.3) is 0 Å². The lowest BCUT2D eigenvalue weighted by atomic mass is 9.83. The molecule has 1 aromatic heterocycles. The van der Waals surface area contributed by atoms with Gasteiger partial charge in [-0.2, -0.15) is 8.78 Å². The highest BCUT2D eigenvalue weighted by atomic mass is 19.3. The van der Waals surface area contributed by atoms with Crippen LogP contribution in [0.2, 0.25) is 0 Å². The van der Waals surface area contributed by atoms with Crippen LogP contribution in [-0.2, 0) is 41.7 Å². The summed E-state index contributed by atoms with van der Waals surface area (Å²) in [6.07, 6.45) is 2.59. The Morgan fingerprint density at radius 1 is 0.895 bits per heavy atom. The number of alkyl halides is 2. The van der Waals surface area contributed by atoms with E-state index in [1.54, 1.807) is 34.6 Å². The average Bonchev–Trinajstić information content (AvgIpc) is 3.61. The summed E-state index contributed by atoms with van der Waals surface area (Å²) in [6, 6.07) is 3.61. The molecule has 1 aliphatic carbocycles. The minimum Gasteiger partial charge on any atom is -0.446 e. The molecular formula is C40H53F2N7O8. The molecule has 310 valence electrons. The summed E-state index contributed by atoms with van der Waals surface area (Å²) >= 11 is 0. The molecule has 1 unspecified atom stereocenters. The Labute approximate surface area is 330 Å². The smallest absolute Gasteiger partial charge is 0.410 e. The van der Waals surface area contributed by atoms with Crippen molar-refractivity contribution in [2.75, 3.05) is 13.1 Å². The third-order valence-electron chi connectivity index (χ3n) is 10.3. The average molecular weight is 798 g/mol. The van der Waals surface area contributed by atoms with Crippen molar-refractivity contribution in [2.45, 2.75) is 110 Å². The summed E-state index contributed by atoms with van der Waals surface area (Å²) in [4.78, 5) is 103. The molecule has 2 aliphatic rings. The van der Waals surface area contributed by atoms with E-state index in [-0.39, 0.29) is 37.9 Å². The maximum atomic E-state index is 15.0. The standard InChI is InChI=1S/C40H53F2N7O8/c1-7-11-29(34(51)40(41,42)38(55)44-8-2)46-35(52)28-19-26(57-39(56)49-17-14-24-12-9-10-13-25(24)21-49)18-27(28)33(50)31(22(3)4)47-37(54)32(23(5)6)48-36(53)30-20-43-15-16-45-30/h9-10,12-13,15-16,20,22-23,26-29,31-32H,7-8,11,14,17-19,21H2,1-6H3,(H,44,55)(H,46,52)(H,47,54)(H,48,53)/t26-,27?,28+,29-,31-,32-/m0/s1. The highest BCUT2D eigenvalue weighted by molar-refractivity contribution is 6.10. The summed E-state index contributed by atoms with van der Waals surface area (Å²) in [5, 5.41) is 9.70. The summed E-state index contributed by atoms with van der Waals surface area (Å²) in [5.74, 6) is -14.3. The zero-order chi connectivity index (χ0) is 42.0. The topological polar surface area (TPSA) is 206 Å². The predicted octanol–water partition coefficient (Wildman–Crippen LogP) is 3.16. The van der Waals surface area contributed by atoms with Gasteiger partial charge < -0.3 is 30.9 Å². The number of carbonyl (C=O) groups is 7. The van der Waals surface area contributed by atoms with Crippen LogP contribution in [0.3, 0.4) is 0 Å². The normalized spacial score (nSPS) is 19.5. The lowest BCUT2D eigenvalue weighted by Gasteiger charge is -2.30. The fourth-order valence-electron chi connectivity index (χ4n) is 7.21. The molecule has 6 atom stereocenters. The van der Waals surface area contributed by atoms with E-state index in [4.69, 9.17) is 4.74 Å². The second-order valence-corrected chi connectivity index (χ2v) is 15.2. The van der Waals surface area contributed by atoms with Gasteiger partial charge in [-0.1, -0.05) is 65.3 Å². The van der Waals surface area contributed by atoms with E-state index in [0.29, 0.717) is 19.5 Å². The van der Waals surface area contributed by atoms with Gasteiger partial charge in [-0.25, -0.2) is 9.78 Å². The predicted molar refractivity (Wildman–Crippen MR) is 202 cm³/mol. The Balaban J connectivity index is 1.59. The van der Waals surface area contributed by atoms with Crippen molar-refractivity contribution in [1.82, 2.24) is 36.1 Å². The molecule has 1 aromatic carbocycles. The molecule has 4 rings (SSSR count). The van der Waals surface area contributed by atoms with Gasteiger partial charge in [0.2, 0.25) is 17.6 Å². The number of amides is 5. The SMILES string of the molecule is CCC[C@H](NC(=O)[C@@H]1C[C@@H](OC(=O)N2CCc3ccccc3C2)CC1C(=O)[C@@H](NC(=O)[C@@H](NC(=O)c1cnccn1)C(C)C)C(C)C)C(=O)C(F)(F)C(=O)NCC. The number of halogens is 2. The molecule has 0 saturated heterocycles. The molecule has 2 aromatic rings. The molecule has 15 nitrogen and oxygen atoms in total. The van der Waals surface area contributed by atoms with Gasteiger partial charge in [0.15, 0.2) is 5.78 Å². The molecule has 57 heavy (non-hydrogen) atoms. The molecule has 17 heteroatoms. The van der Waals surface area contributed by atoms with E-state index < -0.39 is 95.1 Å². The first-order valence-corrected chi connectivity index (χ1v) is 19.4. The van der Waals surface area contributed by atoms with Crippen molar-refractivity contribution < 1.29 is 47.1 Å². The largest absolute Gasteiger partial charge is 0.446 e. The second-order valence-electron chi connectivity index (χ2n) is 15.2. The van der Waals surface area contributed by atoms with E-state index in [1.165, 1.54) is 30.4 Å². The molecule has 4 N–H and O–H groups in total. The summed E-state index contributed by atoms with van der Waals surface area (Å²) in [6.45, 7) is 10.3. The maximum absolute atomic E-state index is 15.0. The number of fused-ring (bicyclic) bond motifs is 1. The number of rotatable bonds is 17. The fourth-order valence-corrected chi connectivity index (χ4v) is 7.21. The van der Waals surface area contributed by atoms with Crippen LogP contribution in [0.4, 0.5) is 13.6 Å². The lowest BCUT2D eigenvalue weighted by Crippen LogP contribution is -2.57. The van der Waals surface area contributed by atoms with Crippen molar-refractivity contribution in [3.8, 4) is 0 Å². The van der Waals surface area contributed by atoms with Crippen LogP contribution in [0.1, 0.15) is 88.8 Å². The Hall–Kier alpha value is -5.35. The van der Waals surface area contributed by atoms with Gasteiger partial charge in [0.1, 0.15) is 17.8 Å². The summed E-state index contributed by atoms with van der Waals surface area (Å²) in [5.41, 5.74) is 2.04. The van der Waals surface area contributed by atoms with Gasteiger partial charge in [-0.05, 0) is 55.6 Å². The van der Waals surface area contributed by atoms with E-state index in [2.05, 4.69) is 25.9 Å². The minimum absolute atomic E-state index is 0.0230. The van der Waals surface area contributed by atoms with Crippen LogP contribution >= 0.6 is 0 Å². The molecule has 5 amide bonds. The number of benzene rings is 1. The van der Waals surface area contributed by atoms with Gasteiger partial charge >= 0.3 is 12.0 Å². The molecule has 0 bridgehead atoms. The van der Waals surface area contributed by atoms with Crippen molar-refractivity contribution >= 4 is 41.3 Å². The van der Waals surface area contributed by atoms with Crippen molar-refractivity contribution in [3.63, 3.8) is 0 Å². The number of nitrogens with zero attached hydrogens (tertiary/aromatic N) is 3. The molecule has 1 saturated carbocycles. The van der Waals surface area contributed by atoms with E-state index in [9.17, 15) is 42.3 Å². The first kappa shape index (κ1) is 44.4. The van der Waals surface area contributed by atoms with E-state index >= 15 is 0 Å². The number of hydrogen-bond acceptors (Lipinski definition) is 10. The first-order chi connectivity index (χ1) is 27.0. The van der Waals surface area contributed by atoms with Crippen molar-refractivity contribution in [2.24, 2.45) is 23.7 Å². The molecule has 0 radical (unpaired) electrons. The highest BCUT2D eigenvalue weighted by Gasteiger charge is 2.52. The third kappa shape index (κ3) is 10.9.